The van der Waals surface area contributed by atoms with Gasteiger partial charge in [-0.15, -0.1) is 0 Å². The van der Waals surface area contributed by atoms with Gasteiger partial charge >= 0.3 is 0 Å². The molecule has 1 heterocycles. The van der Waals surface area contributed by atoms with E-state index in [1.165, 1.54) is 6.92 Å². The molecule has 1 aliphatic heterocycles. The van der Waals surface area contributed by atoms with Crippen molar-refractivity contribution in [1.82, 2.24) is 0 Å². The molecule has 4 N–H and O–H groups in total. The van der Waals surface area contributed by atoms with Gasteiger partial charge < -0.3 is 30.7 Å². The maximum Gasteiger partial charge on any atom is 0.258 e. The van der Waals surface area contributed by atoms with Crippen LogP contribution in [0.25, 0.3) is 11.3 Å². The number of rotatable bonds is 8. The summed E-state index contributed by atoms with van der Waals surface area (Å²) in [6.45, 7) is 2.31. The Morgan fingerprint density at radius 1 is 1.00 bits per heavy atom. The number of hydrogen-bond acceptors (Lipinski definition) is 6. The zero-order chi connectivity index (χ0) is 24.9. The zero-order valence-corrected chi connectivity index (χ0v) is 19.9. The zero-order valence-electron chi connectivity index (χ0n) is 19.9. The highest BCUT2D eigenvalue weighted by atomic mass is 16.5. The monoisotopic (exact) mass is 472 g/mol. The fourth-order valence-corrected chi connectivity index (χ4v) is 4.09. The minimum atomic E-state index is -0.232. The summed E-state index contributed by atoms with van der Waals surface area (Å²) in [5, 5.41) is 6.35. The van der Waals surface area contributed by atoms with E-state index >= 15 is 0 Å². The molecular formula is C27H28N4O4. The number of carbonyl (C=O) groups excluding carboxylic acids is 2. The molecule has 0 aliphatic carbocycles. The number of nitrogens with two attached hydrogens (primary N) is 1. The molecular weight excluding hydrogens is 444 g/mol. The summed E-state index contributed by atoms with van der Waals surface area (Å²) in [7, 11) is 3.11. The third kappa shape index (κ3) is 4.83. The lowest BCUT2D eigenvalue weighted by Gasteiger charge is -2.21. The van der Waals surface area contributed by atoms with Crippen molar-refractivity contribution in [3.63, 3.8) is 0 Å². The summed E-state index contributed by atoms with van der Waals surface area (Å²) in [4.78, 5) is 26.8. The van der Waals surface area contributed by atoms with Gasteiger partial charge in [-0.25, -0.2) is 0 Å². The van der Waals surface area contributed by atoms with Gasteiger partial charge in [0.25, 0.3) is 5.91 Å². The first-order chi connectivity index (χ1) is 17.0. The SMILES string of the molecule is COc1cc2c(cc1OC)C(=C(Nc1ccc(N(CCN)C(C)=O)cc1)c1ccccc1)C(=O)N2. The number of fused-ring (bicyclic) bond motifs is 1. The fourth-order valence-electron chi connectivity index (χ4n) is 4.09. The fraction of sp³-hybridized carbons (Fsp3) is 0.185. The number of hydrogen-bond donors (Lipinski definition) is 3. The number of nitrogens with zero attached hydrogens (tertiary/aromatic N) is 1. The maximum atomic E-state index is 13.2. The van der Waals surface area contributed by atoms with Crippen LogP contribution in [0, 0.1) is 0 Å². The van der Waals surface area contributed by atoms with Gasteiger partial charge in [0.2, 0.25) is 5.91 Å². The summed E-state index contributed by atoms with van der Waals surface area (Å²) < 4.78 is 10.9. The number of carbonyl (C=O) groups is 2. The molecule has 35 heavy (non-hydrogen) atoms. The van der Waals surface area contributed by atoms with E-state index in [1.54, 1.807) is 31.3 Å². The van der Waals surface area contributed by atoms with Crippen LogP contribution in [0.15, 0.2) is 66.7 Å². The van der Waals surface area contributed by atoms with E-state index in [2.05, 4.69) is 10.6 Å². The third-order valence-electron chi connectivity index (χ3n) is 5.76. The van der Waals surface area contributed by atoms with Crippen molar-refractivity contribution in [1.29, 1.82) is 0 Å². The molecule has 0 fully saturated rings. The molecule has 8 heteroatoms. The lowest BCUT2D eigenvalue weighted by Crippen LogP contribution is -2.33. The minimum Gasteiger partial charge on any atom is -0.493 e. The molecule has 4 rings (SSSR count). The van der Waals surface area contributed by atoms with Crippen molar-refractivity contribution in [2.24, 2.45) is 5.73 Å². The number of benzene rings is 3. The maximum absolute atomic E-state index is 13.2. The molecule has 0 unspecified atom stereocenters. The van der Waals surface area contributed by atoms with Crippen LogP contribution in [0.2, 0.25) is 0 Å². The van der Waals surface area contributed by atoms with Crippen molar-refractivity contribution >= 4 is 40.1 Å². The Hall–Kier alpha value is -4.30. The Bertz CT molecular complexity index is 1270. The first-order valence-electron chi connectivity index (χ1n) is 11.2. The second-order valence-electron chi connectivity index (χ2n) is 7.95. The number of nitrogens with one attached hydrogen (secondary N) is 2. The van der Waals surface area contributed by atoms with E-state index in [-0.39, 0.29) is 11.8 Å². The second kappa shape index (κ2) is 10.3. The van der Waals surface area contributed by atoms with Crippen LogP contribution < -0.4 is 30.7 Å². The molecule has 0 saturated heterocycles. The topological polar surface area (TPSA) is 106 Å². The Morgan fingerprint density at radius 2 is 1.66 bits per heavy atom. The smallest absolute Gasteiger partial charge is 0.258 e. The normalized spacial score (nSPS) is 13.5. The molecule has 0 atom stereocenters. The van der Waals surface area contributed by atoms with Crippen molar-refractivity contribution in [2.45, 2.75) is 6.92 Å². The van der Waals surface area contributed by atoms with Gasteiger partial charge in [-0.2, -0.15) is 0 Å². The van der Waals surface area contributed by atoms with Gasteiger partial charge in [-0.1, -0.05) is 30.3 Å². The first kappa shape index (κ1) is 23.8. The Kier molecular flexibility index (Phi) is 7.03. The van der Waals surface area contributed by atoms with Crippen LogP contribution in [0.1, 0.15) is 18.1 Å². The van der Waals surface area contributed by atoms with Gasteiger partial charge in [0, 0.05) is 43.0 Å². The minimum absolute atomic E-state index is 0.0770. The molecule has 180 valence electrons. The van der Waals surface area contributed by atoms with Gasteiger partial charge in [0.05, 0.1) is 31.2 Å². The average molecular weight is 473 g/mol. The van der Waals surface area contributed by atoms with Crippen molar-refractivity contribution in [3.8, 4) is 11.5 Å². The highest BCUT2D eigenvalue weighted by Crippen LogP contribution is 2.43. The molecule has 3 aromatic rings. The Labute approximate surface area is 204 Å². The number of amides is 2. The first-order valence-corrected chi connectivity index (χ1v) is 11.2. The Morgan fingerprint density at radius 3 is 2.26 bits per heavy atom. The molecule has 0 saturated carbocycles. The third-order valence-corrected chi connectivity index (χ3v) is 5.76. The number of anilines is 3. The van der Waals surface area contributed by atoms with E-state index in [0.29, 0.717) is 47.1 Å². The lowest BCUT2D eigenvalue weighted by atomic mass is 9.99. The molecule has 8 nitrogen and oxygen atoms in total. The second-order valence-corrected chi connectivity index (χ2v) is 7.95. The van der Waals surface area contributed by atoms with Crippen LogP contribution >= 0.6 is 0 Å². The van der Waals surface area contributed by atoms with E-state index < -0.39 is 0 Å². The van der Waals surface area contributed by atoms with Gasteiger partial charge in [0.1, 0.15) is 0 Å². The van der Waals surface area contributed by atoms with Gasteiger partial charge in [-0.05, 0) is 35.9 Å². The number of ether oxygens (including phenoxy) is 2. The van der Waals surface area contributed by atoms with E-state index in [1.807, 2.05) is 54.6 Å². The van der Waals surface area contributed by atoms with E-state index in [9.17, 15) is 9.59 Å². The summed E-state index contributed by atoms with van der Waals surface area (Å²) in [5.41, 5.74) is 10.5. The van der Waals surface area contributed by atoms with Crippen LogP contribution in [-0.4, -0.2) is 39.1 Å². The largest absolute Gasteiger partial charge is 0.493 e. The number of methoxy groups -OCH3 is 2. The van der Waals surface area contributed by atoms with Crippen LogP contribution in [-0.2, 0) is 9.59 Å². The lowest BCUT2D eigenvalue weighted by molar-refractivity contribution is -0.116. The predicted octanol–water partition coefficient (Wildman–Crippen LogP) is 3.95. The van der Waals surface area contributed by atoms with Crippen LogP contribution in [0.3, 0.4) is 0 Å². The van der Waals surface area contributed by atoms with E-state index in [4.69, 9.17) is 15.2 Å². The molecule has 0 spiro atoms. The average Bonchev–Trinajstić information content (AvgIpc) is 3.20. The summed E-state index contributed by atoms with van der Waals surface area (Å²) in [6, 6.07) is 20.6. The molecule has 0 bridgehead atoms. The summed E-state index contributed by atoms with van der Waals surface area (Å²) in [6.07, 6.45) is 0. The highest BCUT2D eigenvalue weighted by Gasteiger charge is 2.30. The molecule has 1 aliphatic rings. The van der Waals surface area contributed by atoms with Gasteiger partial charge in [-0.3, -0.25) is 9.59 Å². The highest BCUT2D eigenvalue weighted by molar-refractivity contribution is 6.37. The summed E-state index contributed by atoms with van der Waals surface area (Å²) >= 11 is 0. The molecule has 2 amide bonds. The van der Waals surface area contributed by atoms with Crippen molar-refractivity contribution in [2.75, 3.05) is 42.8 Å². The predicted molar refractivity (Wildman–Crippen MR) is 139 cm³/mol. The molecule has 0 radical (unpaired) electrons. The molecule has 0 aromatic heterocycles. The van der Waals surface area contributed by atoms with Gasteiger partial charge in [0.15, 0.2) is 11.5 Å². The van der Waals surface area contributed by atoms with E-state index in [0.717, 1.165) is 16.9 Å². The van der Waals surface area contributed by atoms with Crippen molar-refractivity contribution < 1.29 is 19.1 Å². The molecule has 3 aromatic carbocycles. The summed E-state index contributed by atoms with van der Waals surface area (Å²) in [5.74, 6) is 0.752. The quantitative estimate of drug-likeness (QED) is 0.429. The standard InChI is InChI=1S/C27H28N4O4/c1-17(32)31(14-13-28)20-11-9-19(10-12-20)29-26(18-7-5-4-6-8-18)25-21-15-23(34-2)24(35-3)16-22(21)30-27(25)33/h4-12,15-16,29H,13-14,28H2,1-3H3,(H,30,33). The Balaban J connectivity index is 1.80. The van der Waals surface area contributed by atoms with Crippen LogP contribution in [0.5, 0.6) is 11.5 Å². The van der Waals surface area contributed by atoms with Crippen molar-refractivity contribution in [3.05, 3.63) is 77.9 Å². The van der Waals surface area contributed by atoms with Crippen LogP contribution in [0.4, 0.5) is 17.1 Å².